The van der Waals surface area contributed by atoms with Crippen molar-refractivity contribution in [3.05, 3.63) is 69.7 Å². The molecule has 0 radical (unpaired) electrons. The summed E-state index contributed by atoms with van der Waals surface area (Å²) >= 11 is 11.7. The summed E-state index contributed by atoms with van der Waals surface area (Å²) in [6, 6.07) is 11.2. The Kier molecular flexibility index (Phi) is 5.46. The van der Waals surface area contributed by atoms with E-state index in [1.807, 2.05) is 0 Å². The maximum Gasteiger partial charge on any atom is 0.229 e. The van der Waals surface area contributed by atoms with Crippen molar-refractivity contribution >= 4 is 50.8 Å². The van der Waals surface area contributed by atoms with Crippen LogP contribution in [0.1, 0.15) is 15.9 Å². The van der Waals surface area contributed by atoms with Gasteiger partial charge in [0.1, 0.15) is 0 Å². The van der Waals surface area contributed by atoms with Crippen LogP contribution in [0.5, 0.6) is 0 Å². The van der Waals surface area contributed by atoms with E-state index < -0.39 is 10.0 Å². The van der Waals surface area contributed by atoms with Gasteiger partial charge in [-0.05, 0) is 48.0 Å². The van der Waals surface area contributed by atoms with Gasteiger partial charge in [0.05, 0.1) is 16.3 Å². The molecule has 0 unspecified atom stereocenters. The average molecular weight is 370 g/mol. The van der Waals surface area contributed by atoms with E-state index >= 15 is 0 Å². The van der Waals surface area contributed by atoms with Gasteiger partial charge in [-0.15, -0.1) is 0 Å². The fraction of sp³-hybridized carbons (Fsp3) is 0.0625. The minimum Gasteiger partial charge on any atom is -0.289 e. The average Bonchev–Trinajstić information content (AvgIpc) is 2.47. The lowest BCUT2D eigenvalue weighted by molar-refractivity contribution is 0.104. The summed E-state index contributed by atoms with van der Waals surface area (Å²) in [6.07, 6.45) is 4.11. The smallest absolute Gasteiger partial charge is 0.229 e. The Hall–Kier alpha value is -1.82. The fourth-order valence-electron chi connectivity index (χ4n) is 1.80. The molecule has 23 heavy (non-hydrogen) atoms. The van der Waals surface area contributed by atoms with Gasteiger partial charge in [0.15, 0.2) is 5.78 Å². The van der Waals surface area contributed by atoms with Gasteiger partial charge >= 0.3 is 0 Å². The molecule has 0 fully saturated rings. The van der Waals surface area contributed by atoms with Crippen molar-refractivity contribution in [2.45, 2.75) is 0 Å². The highest BCUT2D eigenvalue weighted by atomic mass is 35.5. The number of carbonyl (C=O) groups excluding carboxylic acids is 1. The fourth-order valence-corrected chi connectivity index (χ4v) is 2.67. The molecule has 2 rings (SSSR count). The summed E-state index contributed by atoms with van der Waals surface area (Å²) in [5.41, 5.74) is 1.60. The number of allylic oxidation sites excluding steroid dienone is 1. The molecule has 0 saturated heterocycles. The van der Waals surface area contributed by atoms with Crippen molar-refractivity contribution in [2.24, 2.45) is 0 Å². The zero-order chi connectivity index (χ0) is 17.0. The molecule has 0 amide bonds. The molecule has 0 heterocycles. The molecular weight excluding hydrogens is 357 g/mol. The van der Waals surface area contributed by atoms with Crippen LogP contribution in [0.4, 0.5) is 5.69 Å². The second kappa shape index (κ2) is 7.17. The molecule has 0 saturated carbocycles. The number of sulfonamides is 1. The quantitative estimate of drug-likeness (QED) is 0.632. The van der Waals surface area contributed by atoms with Crippen molar-refractivity contribution in [3.8, 4) is 0 Å². The molecule has 2 aromatic rings. The molecule has 2 aromatic carbocycles. The molecule has 0 aliphatic heterocycles. The second-order valence-corrected chi connectivity index (χ2v) is 7.39. The molecule has 7 heteroatoms. The number of halogens is 2. The van der Waals surface area contributed by atoms with E-state index in [0.29, 0.717) is 21.3 Å². The molecule has 0 spiro atoms. The van der Waals surface area contributed by atoms with Crippen LogP contribution < -0.4 is 4.72 Å². The van der Waals surface area contributed by atoms with E-state index in [2.05, 4.69) is 4.72 Å². The molecule has 0 aromatic heterocycles. The third-order valence-corrected chi connectivity index (χ3v) is 4.19. The predicted octanol–water partition coefficient (Wildman–Crippen LogP) is 4.26. The highest BCUT2D eigenvalue weighted by molar-refractivity contribution is 7.92. The summed E-state index contributed by atoms with van der Waals surface area (Å²) in [6.45, 7) is 0. The number of anilines is 1. The van der Waals surface area contributed by atoms with Crippen LogP contribution in [0.2, 0.25) is 10.0 Å². The van der Waals surface area contributed by atoms with Crippen LogP contribution in [0, 0.1) is 0 Å². The first-order valence-electron chi connectivity index (χ1n) is 6.50. The number of ketones is 1. The first-order valence-corrected chi connectivity index (χ1v) is 9.15. The van der Waals surface area contributed by atoms with Crippen molar-refractivity contribution in [3.63, 3.8) is 0 Å². The first-order chi connectivity index (χ1) is 10.7. The van der Waals surface area contributed by atoms with Crippen LogP contribution in [0.3, 0.4) is 0 Å². The maximum atomic E-state index is 12.1. The maximum absolute atomic E-state index is 12.1. The Morgan fingerprint density at radius 3 is 2.26 bits per heavy atom. The normalized spacial score (nSPS) is 11.6. The topological polar surface area (TPSA) is 63.2 Å². The Bertz CT molecular complexity index is 859. The molecule has 0 aliphatic rings. The number of rotatable bonds is 5. The zero-order valence-electron chi connectivity index (χ0n) is 12.1. The van der Waals surface area contributed by atoms with Crippen LogP contribution in [0.25, 0.3) is 6.08 Å². The third kappa shape index (κ3) is 5.39. The Balaban J connectivity index is 2.11. The van der Waals surface area contributed by atoms with E-state index in [9.17, 15) is 13.2 Å². The summed E-state index contributed by atoms with van der Waals surface area (Å²) in [7, 11) is -3.34. The molecule has 0 aliphatic carbocycles. The van der Waals surface area contributed by atoms with Crippen LogP contribution >= 0.6 is 23.2 Å². The number of hydrogen-bond donors (Lipinski definition) is 1. The minimum atomic E-state index is -3.34. The van der Waals surface area contributed by atoms with Crippen molar-refractivity contribution in [2.75, 3.05) is 11.0 Å². The van der Waals surface area contributed by atoms with Gasteiger partial charge in [-0.3, -0.25) is 9.52 Å². The number of hydrogen-bond acceptors (Lipinski definition) is 3. The van der Waals surface area contributed by atoms with E-state index in [-0.39, 0.29) is 5.78 Å². The van der Waals surface area contributed by atoms with Crippen molar-refractivity contribution in [1.82, 2.24) is 0 Å². The highest BCUT2D eigenvalue weighted by Gasteiger charge is 2.05. The minimum absolute atomic E-state index is 0.207. The van der Waals surface area contributed by atoms with E-state index in [4.69, 9.17) is 23.2 Å². The van der Waals surface area contributed by atoms with Crippen LogP contribution in [-0.4, -0.2) is 20.5 Å². The number of nitrogens with one attached hydrogen (secondary N) is 1. The molecule has 4 nitrogen and oxygen atoms in total. The first kappa shape index (κ1) is 17.5. The van der Waals surface area contributed by atoms with Crippen LogP contribution in [-0.2, 0) is 10.0 Å². The SMILES string of the molecule is CS(=O)(=O)Nc1ccc(C(=O)C=Cc2ccc(Cl)c(Cl)c2)cc1. The molecule has 0 bridgehead atoms. The van der Waals surface area contributed by atoms with Crippen LogP contribution in [0.15, 0.2) is 48.5 Å². The summed E-state index contributed by atoms with van der Waals surface area (Å²) < 4.78 is 24.6. The summed E-state index contributed by atoms with van der Waals surface area (Å²) in [4.78, 5) is 12.1. The van der Waals surface area contributed by atoms with E-state index in [0.717, 1.165) is 11.8 Å². The summed E-state index contributed by atoms with van der Waals surface area (Å²) in [5.74, 6) is -0.207. The molecule has 1 N–H and O–H groups in total. The van der Waals surface area contributed by atoms with Crippen molar-refractivity contribution in [1.29, 1.82) is 0 Å². The number of carbonyl (C=O) groups is 1. The van der Waals surface area contributed by atoms with Gasteiger partial charge in [0, 0.05) is 11.3 Å². The molecule has 120 valence electrons. The van der Waals surface area contributed by atoms with Gasteiger partial charge in [-0.25, -0.2) is 8.42 Å². The van der Waals surface area contributed by atoms with Gasteiger partial charge in [0.25, 0.3) is 0 Å². The van der Waals surface area contributed by atoms with Crippen molar-refractivity contribution < 1.29 is 13.2 Å². The largest absolute Gasteiger partial charge is 0.289 e. The van der Waals surface area contributed by atoms with E-state index in [1.165, 1.54) is 18.2 Å². The van der Waals surface area contributed by atoms with Gasteiger partial charge < -0.3 is 0 Å². The molecular formula is C16H13Cl2NO3S. The van der Waals surface area contributed by atoms with E-state index in [1.54, 1.807) is 36.4 Å². The Morgan fingerprint density at radius 1 is 1.04 bits per heavy atom. The lowest BCUT2D eigenvalue weighted by Gasteiger charge is -2.04. The van der Waals surface area contributed by atoms with Gasteiger partial charge in [-0.1, -0.05) is 35.3 Å². The van der Waals surface area contributed by atoms with Gasteiger partial charge in [0.2, 0.25) is 10.0 Å². The Labute approximate surface area is 144 Å². The second-order valence-electron chi connectivity index (χ2n) is 4.82. The monoisotopic (exact) mass is 369 g/mol. The standard InChI is InChI=1S/C16H13Cl2NO3S/c1-23(21,22)19-13-6-4-12(5-7-13)16(20)9-3-11-2-8-14(17)15(18)10-11/h2-10,19H,1H3. The predicted molar refractivity (Wildman–Crippen MR) is 94.7 cm³/mol. The third-order valence-electron chi connectivity index (χ3n) is 2.84. The number of benzene rings is 2. The summed E-state index contributed by atoms with van der Waals surface area (Å²) in [5, 5.41) is 0.863. The Morgan fingerprint density at radius 2 is 1.70 bits per heavy atom. The highest BCUT2D eigenvalue weighted by Crippen LogP contribution is 2.23. The zero-order valence-corrected chi connectivity index (χ0v) is 14.4. The molecule has 0 atom stereocenters. The lowest BCUT2D eigenvalue weighted by Crippen LogP contribution is -2.09. The van der Waals surface area contributed by atoms with Gasteiger partial charge in [-0.2, -0.15) is 0 Å². The lowest BCUT2D eigenvalue weighted by atomic mass is 10.1.